The van der Waals surface area contributed by atoms with Gasteiger partial charge in [0.25, 0.3) is 0 Å². The van der Waals surface area contributed by atoms with Crippen LogP contribution in [0.5, 0.6) is 0 Å². The molecule has 0 spiro atoms. The highest BCUT2D eigenvalue weighted by Gasteiger charge is 2.17. The molecule has 1 atom stereocenters. The molecule has 0 aromatic rings. The van der Waals surface area contributed by atoms with Crippen LogP contribution in [0.15, 0.2) is 24.3 Å². The number of ether oxygens (including phenoxy) is 3. The van der Waals surface area contributed by atoms with E-state index in [1.165, 1.54) is 238 Å². The normalized spacial score (nSPS) is 12.2. The van der Waals surface area contributed by atoms with Crippen molar-refractivity contribution in [1.82, 2.24) is 0 Å². The standard InChI is InChI=1S/C59H112O5/c1-4-7-10-13-16-19-22-25-28-30-32-34-37-40-43-46-49-52-58(60)63-56-57(55-62-54-51-48-45-42-39-36-33-29-26-23-20-17-14-11-8-5-2)64-59(61)53-50-47-44-41-38-35-31-27-24-21-18-15-12-9-6-3/h25,27-28,31,57H,4-24,26,29-30,32-56H2,1-3H3/b28-25-,31-27-/t57-/m1/s1. The van der Waals surface area contributed by atoms with Gasteiger partial charge in [0, 0.05) is 19.4 Å². The second kappa shape index (κ2) is 55.7. The topological polar surface area (TPSA) is 61.8 Å². The molecule has 0 radical (unpaired) electrons. The number of hydrogen-bond donors (Lipinski definition) is 0. The number of esters is 2. The molecule has 0 aromatic heterocycles. The van der Waals surface area contributed by atoms with Crippen LogP contribution in [0.3, 0.4) is 0 Å². The second-order valence-electron chi connectivity index (χ2n) is 19.5. The first-order valence-electron chi connectivity index (χ1n) is 28.9. The summed E-state index contributed by atoms with van der Waals surface area (Å²) < 4.78 is 17.5. The van der Waals surface area contributed by atoms with Gasteiger partial charge in [-0.3, -0.25) is 9.59 Å². The van der Waals surface area contributed by atoms with E-state index in [4.69, 9.17) is 14.2 Å². The van der Waals surface area contributed by atoms with Crippen molar-refractivity contribution in [2.75, 3.05) is 19.8 Å². The maximum Gasteiger partial charge on any atom is 0.306 e. The SMILES string of the molecule is CCCCCCCC/C=C\CCCCCCCCCC(=O)OC[C@@H](COCCCCCCCCCCCCCCCCCC)OC(=O)CCCCCCC/C=C\CCCCCCCC. The van der Waals surface area contributed by atoms with Crippen LogP contribution >= 0.6 is 0 Å². The fourth-order valence-corrected chi connectivity index (χ4v) is 8.62. The second-order valence-corrected chi connectivity index (χ2v) is 19.5. The molecule has 5 nitrogen and oxygen atoms in total. The quantitative estimate of drug-likeness (QED) is 0.0346. The lowest BCUT2D eigenvalue weighted by atomic mass is 10.0. The minimum absolute atomic E-state index is 0.0866. The van der Waals surface area contributed by atoms with E-state index in [0.717, 1.165) is 44.9 Å². The largest absolute Gasteiger partial charge is 0.462 e. The van der Waals surface area contributed by atoms with Crippen molar-refractivity contribution in [3.05, 3.63) is 24.3 Å². The van der Waals surface area contributed by atoms with Gasteiger partial charge in [-0.15, -0.1) is 0 Å². The Labute approximate surface area is 400 Å². The van der Waals surface area contributed by atoms with Crippen LogP contribution in [-0.2, 0) is 23.8 Å². The van der Waals surface area contributed by atoms with Crippen LogP contribution < -0.4 is 0 Å². The molecule has 0 bridgehead atoms. The molecule has 0 heterocycles. The lowest BCUT2D eigenvalue weighted by Gasteiger charge is -2.18. The van der Waals surface area contributed by atoms with Crippen molar-refractivity contribution < 1.29 is 23.8 Å². The summed E-state index contributed by atoms with van der Waals surface area (Å²) in [6.45, 7) is 7.87. The average molecular weight is 902 g/mol. The average Bonchev–Trinajstić information content (AvgIpc) is 3.30. The lowest BCUT2D eigenvalue weighted by Crippen LogP contribution is -2.30. The first-order chi connectivity index (χ1) is 31.6. The smallest absolute Gasteiger partial charge is 0.306 e. The molecule has 0 unspecified atom stereocenters. The highest BCUT2D eigenvalue weighted by atomic mass is 16.6. The fourth-order valence-electron chi connectivity index (χ4n) is 8.62. The van der Waals surface area contributed by atoms with E-state index in [0.29, 0.717) is 26.1 Å². The Morgan fingerprint density at radius 2 is 0.609 bits per heavy atom. The fraction of sp³-hybridized carbons (Fsp3) is 0.898. The molecule has 378 valence electrons. The van der Waals surface area contributed by atoms with Crippen molar-refractivity contribution in [2.45, 2.75) is 322 Å². The molecule has 0 aliphatic rings. The van der Waals surface area contributed by atoms with Crippen LogP contribution in [0.25, 0.3) is 0 Å². The van der Waals surface area contributed by atoms with Gasteiger partial charge in [0.15, 0.2) is 6.10 Å². The van der Waals surface area contributed by atoms with Crippen molar-refractivity contribution in [3.63, 3.8) is 0 Å². The van der Waals surface area contributed by atoms with Gasteiger partial charge in [0.1, 0.15) is 6.61 Å². The van der Waals surface area contributed by atoms with Crippen LogP contribution in [0, 0.1) is 0 Å². The first-order valence-corrected chi connectivity index (χ1v) is 28.9. The van der Waals surface area contributed by atoms with E-state index in [1.54, 1.807) is 0 Å². The third-order valence-electron chi connectivity index (χ3n) is 13.0. The van der Waals surface area contributed by atoms with Gasteiger partial charge < -0.3 is 14.2 Å². The minimum Gasteiger partial charge on any atom is -0.462 e. The number of allylic oxidation sites excluding steroid dienone is 4. The predicted molar refractivity (Wildman–Crippen MR) is 279 cm³/mol. The van der Waals surface area contributed by atoms with E-state index in [2.05, 4.69) is 45.1 Å². The van der Waals surface area contributed by atoms with Crippen LogP contribution in [0.4, 0.5) is 0 Å². The van der Waals surface area contributed by atoms with E-state index in [-0.39, 0.29) is 18.5 Å². The predicted octanol–water partition coefficient (Wildman–Crippen LogP) is 19.6. The summed E-state index contributed by atoms with van der Waals surface area (Å²) in [5, 5.41) is 0. The Morgan fingerprint density at radius 3 is 0.953 bits per heavy atom. The van der Waals surface area contributed by atoms with Crippen molar-refractivity contribution >= 4 is 11.9 Å². The van der Waals surface area contributed by atoms with Gasteiger partial charge >= 0.3 is 11.9 Å². The minimum atomic E-state index is -0.536. The van der Waals surface area contributed by atoms with Gasteiger partial charge in [0.2, 0.25) is 0 Å². The zero-order chi connectivity index (χ0) is 46.3. The third-order valence-corrected chi connectivity index (χ3v) is 13.0. The van der Waals surface area contributed by atoms with E-state index < -0.39 is 6.10 Å². The van der Waals surface area contributed by atoms with Gasteiger partial charge in [0.05, 0.1) is 6.61 Å². The highest BCUT2D eigenvalue weighted by molar-refractivity contribution is 5.70. The highest BCUT2D eigenvalue weighted by Crippen LogP contribution is 2.16. The molecule has 0 aromatic carbocycles. The summed E-state index contributed by atoms with van der Waals surface area (Å²) in [5.74, 6) is -0.391. The molecule has 64 heavy (non-hydrogen) atoms. The van der Waals surface area contributed by atoms with Gasteiger partial charge in [-0.25, -0.2) is 0 Å². The molecular weight excluding hydrogens is 789 g/mol. The molecular formula is C59H112O5. The summed E-state index contributed by atoms with van der Waals surface area (Å²) in [7, 11) is 0. The van der Waals surface area contributed by atoms with Gasteiger partial charge in [-0.1, -0.05) is 257 Å². The molecule has 0 rings (SSSR count). The summed E-state index contributed by atoms with van der Waals surface area (Å²) in [4.78, 5) is 25.5. The molecule has 5 heteroatoms. The zero-order valence-electron chi connectivity index (χ0n) is 43.6. The zero-order valence-corrected chi connectivity index (χ0v) is 43.6. The lowest BCUT2D eigenvalue weighted by molar-refractivity contribution is -0.163. The maximum absolute atomic E-state index is 12.8. The Balaban J connectivity index is 4.24. The molecule has 0 N–H and O–H groups in total. The summed E-state index contributed by atoms with van der Waals surface area (Å²) in [6, 6.07) is 0. The Morgan fingerprint density at radius 1 is 0.328 bits per heavy atom. The van der Waals surface area contributed by atoms with Crippen LogP contribution in [0.2, 0.25) is 0 Å². The van der Waals surface area contributed by atoms with Crippen molar-refractivity contribution in [2.24, 2.45) is 0 Å². The molecule has 0 aliphatic carbocycles. The number of carbonyl (C=O) groups is 2. The Kier molecular flexibility index (Phi) is 54.3. The van der Waals surface area contributed by atoms with Crippen molar-refractivity contribution in [3.8, 4) is 0 Å². The molecule has 0 amide bonds. The third kappa shape index (κ3) is 53.0. The first kappa shape index (κ1) is 62.4. The molecule has 0 saturated carbocycles. The molecule has 0 saturated heterocycles. The van der Waals surface area contributed by atoms with Crippen LogP contribution in [0.1, 0.15) is 316 Å². The number of rotatable bonds is 54. The molecule has 0 fully saturated rings. The number of hydrogen-bond acceptors (Lipinski definition) is 5. The Hall–Kier alpha value is -1.62. The summed E-state index contributed by atoms with van der Waals surface area (Å²) in [6.07, 6.45) is 66.2. The van der Waals surface area contributed by atoms with Gasteiger partial charge in [-0.05, 0) is 70.6 Å². The van der Waals surface area contributed by atoms with E-state index in [9.17, 15) is 9.59 Å². The van der Waals surface area contributed by atoms with Crippen LogP contribution in [-0.4, -0.2) is 37.9 Å². The molecule has 0 aliphatic heterocycles. The van der Waals surface area contributed by atoms with E-state index >= 15 is 0 Å². The Bertz CT molecular complexity index is 974. The van der Waals surface area contributed by atoms with E-state index in [1.807, 2.05) is 0 Å². The van der Waals surface area contributed by atoms with Crippen molar-refractivity contribution in [1.29, 1.82) is 0 Å². The monoisotopic (exact) mass is 901 g/mol. The van der Waals surface area contributed by atoms with Gasteiger partial charge in [-0.2, -0.15) is 0 Å². The number of unbranched alkanes of at least 4 members (excludes halogenated alkanes) is 39. The summed E-state index contributed by atoms with van der Waals surface area (Å²) in [5.41, 5.74) is 0. The number of carbonyl (C=O) groups excluding carboxylic acids is 2. The maximum atomic E-state index is 12.8. The summed E-state index contributed by atoms with van der Waals surface area (Å²) >= 11 is 0.